The summed E-state index contributed by atoms with van der Waals surface area (Å²) in [6.45, 7) is 0.728. The van der Waals surface area contributed by atoms with Crippen LogP contribution in [-0.2, 0) is 13.0 Å². The molecule has 0 atom stereocenters. The predicted octanol–water partition coefficient (Wildman–Crippen LogP) is 0.753. The molecule has 0 aliphatic carbocycles. The van der Waals surface area contributed by atoms with Crippen LogP contribution in [0.25, 0.3) is 5.65 Å². The summed E-state index contributed by atoms with van der Waals surface area (Å²) in [5.41, 5.74) is 6.23. The number of hydrogen-bond donors (Lipinski definition) is 2. The van der Waals surface area contributed by atoms with Gasteiger partial charge in [-0.1, -0.05) is 6.07 Å². The average Bonchev–Trinajstić information content (AvgIpc) is 3.14. The molecule has 0 spiro atoms. The van der Waals surface area contributed by atoms with Gasteiger partial charge in [-0.2, -0.15) is 0 Å². The van der Waals surface area contributed by atoms with Crippen molar-refractivity contribution in [3.63, 3.8) is 0 Å². The van der Waals surface area contributed by atoms with Gasteiger partial charge in [0.15, 0.2) is 11.4 Å². The fourth-order valence-electron chi connectivity index (χ4n) is 2.05. The summed E-state index contributed by atoms with van der Waals surface area (Å²) in [5, 5.41) is 10.9. The molecule has 0 unspecified atom stereocenters. The summed E-state index contributed by atoms with van der Waals surface area (Å²) in [6.07, 6.45) is 2.48. The first-order valence-corrected chi connectivity index (χ1v) is 6.63. The maximum Gasteiger partial charge on any atom is 0.287 e. The number of hydrogen-bond acceptors (Lipinski definition) is 5. The van der Waals surface area contributed by atoms with Gasteiger partial charge in [0.05, 0.1) is 6.54 Å². The lowest BCUT2D eigenvalue weighted by atomic mass is 10.3. The molecule has 3 rings (SSSR count). The molecule has 0 bridgehead atoms. The third-order valence-corrected chi connectivity index (χ3v) is 3.11. The van der Waals surface area contributed by atoms with Crippen molar-refractivity contribution in [1.82, 2.24) is 19.9 Å². The van der Waals surface area contributed by atoms with Crippen molar-refractivity contribution in [1.29, 1.82) is 0 Å². The Morgan fingerprint density at radius 2 is 2.19 bits per heavy atom. The molecule has 0 fully saturated rings. The molecule has 0 saturated carbocycles. The van der Waals surface area contributed by atoms with Gasteiger partial charge in [0, 0.05) is 19.2 Å². The van der Waals surface area contributed by atoms with Gasteiger partial charge in [-0.15, -0.1) is 10.2 Å². The molecule has 7 heteroatoms. The fraction of sp³-hybridized carbons (Fsp3) is 0.214. The lowest BCUT2D eigenvalue weighted by molar-refractivity contribution is 0.0924. The summed E-state index contributed by atoms with van der Waals surface area (Å²) in [7, 11) is 0. The molecular formula is C14H15N5O2. The molecule has 21 heavy (non-hydrogen) atoms. The summed E-state index contributed by atoms with van der Waals surface area (Å²) in [6, 6.07) is 9.01. The highest BCUT2D eigenvalue weighted by Gasteiger charge is 2.11. The van der Waals surface area contributed by atoms with E-state index in [9.17, 15) is 4.79 Å². The Labute approximate surface area is 120 Å². The van der Waals surface area contributed by atoms with Crippen LogP contribution in [-0.4, -0.2) is 27.0 Å². The molecule has 0 saturated heterocycles. The molecule has 3 aromatic heterocycles. The molecule has 0 aliphatic rings. The van der Waals surface area contributed by atoms with Crippen molar-refractivity contribution >= 4 is 11.6 Å². The zero-order valence-electron chi connectivity index (χ0n) is 11.3. The van der Waals surface area contributed by atoms with E-state index in [-0.39, 0.29) is 18.2 Å². The van der Waals surface area contributed by atoms with Crippen molar-refractivity contribution in [2.24, 2.45) is 5.73 Å². The zero-order chi connectivity index (χ0) is 14.7. The van der Waals surface area contributed by atoms with Gasteiger partial charge >= 0.3 is 0 Å². The third-order valence-electron chi connectivity index (χ3n) is 3.11. The second-order valence-corrected chi connectivity index (χ2v) is 4.52. The van der Waals surface area contributed by atoms with Crippen molar-refractivity contribution < 1.29 is 9.21 Å². The lowest BCUT2D eigenvalue weighted by Gasteiger charge is -2.02. The molecule has 7 nitrogen and oxygen atoms in total. The fourth-order valence-corrected chi connectivity index (χ4v) is 2.05. The molecule has 3 aromatic rings. The van der Waals surface area contributed by atoms with Crippen LogP contribution in [0, 0.1) is 0 Å². The van der Waals surface area contributed by atoms with E-state index >= 15 is 0 Å². The minimum absolute atomic E-state index is 0.261. The molecule has 0 aliphatic heterocycles. The van der Waals surface area contributed by atoms with E-state index in [1.54, 1.807) is 12.1 Å². The van der Waals surface area contributed by atoms with Gasteiger partial charge in [0.1, 0.15) is 11.6 Å². The van der Waals surface area contributed by atoms with Gasteiger partial charge in [-0.3, -0.25) is 9.20 Å². The Hall–Kier alpha value is -2.67. The molecule has 3 heterocycles. The van der Waals surface area contributed by atoms with Gasteiger partial charge in [-0.05, 0) is 24.3 Å². The quantitative estimate of drug-likeness (QED) is 0.721. The summed E-state index contributed by atoms with van der Waals surface area (Å²) < 4.78 is 7.18. The van der Waals surface area contributed by atoms with E-state index in [4.69, 9.17) is 10.2 Å². The number of carbonyl (C=O) groups is 1. The van der Waals surface area contributed by atoms with E-state index in [0.717, 1.165) is 11.5 Å². The highest BCUT2D eigenvalue weighted by atomic mass is 16.4. The van der Waals surface area contributed by atoms with Gasteiger partial charge in [-0.25, -0.2) is 0 Å². The Morgan fingerprint density at radius 1 is 1.29 bits per heavy atom. The van der Waals surface area contributed by atoms with Crippen LogP contribution in [0.2, 0.25) is 0 Å². The van der Waals surface area contributed by atoms with Crippen LogP contribution in [0.15, 0.2) is 40.9 Å². The Balaban J connectivity index is 1.59. The van der Waals surface area contributed by atoms with E-state index < -0.39 is 0 Å². The van der Waals surface area contributed by atoms with E-state index in [0.29, 0.717) is 18.7 Å². The maximum absolute atomic E-state index is 11.9. The van der Waals surface area contributed by atoms with Gasteiger partial charge in [0.2, 0.25) is 0 Å². The van der Waals surface area contributed by atoms with Crippen molar-refractivity contribution in [2.75, 3.05) is 6.54 Å². The van der Waals surface area contributed by atoms with Crippen LogP contribution in [0.3, 0.4) is 0 Å². The number of furan rings is 1. The normalized spacial score (nSPS) is 10.9. The predicted molar refractivity (Wildman–Crippen MR) is 75.6 cm³/mol. The molecular weight excluding hydrogens is 270 g/mol. The Kier molecular flexibility index (Phi) is 3.65. The monoisotopic (exact) mass is 285 g/mol. The number of nitrogens with one attached hydrogen (secondary N) is 1. The minimum atomic E-state index is -0.261. The van der Waals surface area contributed by atoms with Gasteiger partial charge < -0.3 is 15.5 Å². The molecule has 1 amide bonds. The molecule has 3 N–H and O–H groups in total. The first-order valence-electron chi connectivity index (χ1n) is 6.63. The van der Waals surface area contributed by atoms with E-state index in [1.807, 2.05) is 28.8 Å². The highest BCUT2D eigenvalue weighted by molar-refractivity contribution is 5.91. The Morgan fingerprint density at radius 3 is 3.00 bits per heavy atom. The minimum Gasteiger partial charge on any atom is -0.455 e. The van der Waals surface area contributed by atoms with Crippen LogP contribution < -0.4 is 11.1 Å². The van der Waals surface area contributed by atoms with Crippen LogP contribution in [0.5, 0.6) is 0 Å². The summed E-state index contributed by atoms with van der Waals surface area (Å²) in [5.74, 6) is 1.39. The topological polar surface area (TPSA) is 98.5 Å². The lowest BCUT2D eigenvalue weighted by Crippen LogP contribution is -2.25. The maximum atomic E-state index is 11.9. The van der Waals surface area contributed by atoms with E-state index in [1.165, 1.54) is 0 Å². The van der Waals surface area contributed by atoms with Crippen LogP contribution >= 0.6 is 0 Å². The average molecular weight is 285 g/mol. The first-order chi connectivity index (χ1) is 10.3. The Bertz CT molecular complexity index is 761. The number of pyridine rings is 1. The third kappa shape index (κ3) is 2.77. The SMILES string of the molecule is NCc1ccc(C(=O)NCCc2nnc3ccccn23)o1. The van der Waals surface area contributed by atoms with E-state index in [2.05, 4.69) is 15.5 Å². The second kappa shape index (κ2) is 5.76. The standard InChI is InChI=1S/C14H15N5O2/c15-9-10-4-5-11(21-10)14(20)16-7-6-13-18-17-12-3-1-2-8-19(12)13/h1-5,8H,6-7,9,15H2,(H,16,20). The zero-order valence-corrected chi connectivity index (χ0v) is 11.3. The second-order valence-electron chi connectivity index (χ2n) is 4.52. The smallest absolute Gasteiger partial charge is 0.287 e. The van der Waals surface area contributed by atoms with Crippen LogP contribution in [0.4, 0.5) is 0 Å². The number of nitrogens with zero attached hydrogens (tertiary/aromatic N) is 3. The number of nitrogens with two attached hydrogens (primary N) is 1. The van der Waals surface area contributed by atoms with Crippen LogP contribution in [0.1, 0.15) is 22.1 Å². The van der Waals surface area contributed by atoms with Crippen molar-refractivity contribution in [3.8, 4) is 0 Å². The molecule has 0 radical (unpaired) electrons. The van der Waals surface area contributed by atoms with Gasteiger partial charge in [0.25, 0.3) is 5.91 Å². The number of fused-ring (bicyclic) bond motifs is 1. The van der Waals surface area contributed by atoms with Crippen molar-refractivity contribution in [2.45, 2.75) is 13.0 Å². The number of aromatic nitrogens is 3. The summed E-state index contributed by atoms with van der Waals surface area (Å²) in [4.78, 5) is 11.9. The number of amides is 1. The highest BCUT2D eigenvalue weighted by Crippen LogP contribution is 2.07. The number of rotatable bonds is 5. The molecule has 108 valence electrons. The number of carbonyl (C=O) groups excluding carboxylic acids is 1. The molecule has 0 aromatic carbocycles. The summed E-state index contributed by atoms with van der Waals surface area (Å²) >= 11 is 0. The van der Waals surface area contributed by atoms with Crippen molar-refractivity contribution in [3.05, 3.63) is 53.9 Å². The first kappa shape index (κ1) is 13.3. The largest absolute Gasteiger partial charge is 0.455 e.